The lowest BCUT2D eigenvalue weighted by Gasteiger charge is -2.54. The number of hydrogen-bond acceptors (Lipinski definition) is 8. The summed E-state index contributed by atoms with van der Waals surface area (Å²) < 4.78 is 14.9. The molecule has 0 aliphatic carbocycles. The van der Waals surface area contributed by atoms with Crippen molar-refractivity contribution in [2.75, 3.05) is 20.3 Å². The molecule has 1 aromatic rings. The quantitative estimate of drug-likeness (QED) is 0.270. The van der Waals surface area contributed by atoms with Crippen LogP contribution in [0.25, 0.3) is 0 Å². The molecule has 1 aliphatic rings. The SMILES string of the molecule is CCOC(=O)C1(C(=O)OCC)[C@H](C(C)=O)C(=O)N1[C@@H](C(=O)OC)c1ccccc1. The number of carbonyl (C=O) groups is 5. The van der Waals surface area contributed by atoms with Gasteiger partial charge in [0.2, 0.25) is 5.91 Å². The first-order chi connectivity index (χ1) is 13.8. The molecule has 2 atom stereocenters. The van der Waals surface area contributed by atoms with Crippen LogP contribution in [0.1, 0.15) is 32.4 Å². The Balaban J connectivity index is 2.74. The van der Waals surface area contributed by atoms with Crippen molar-refractivity contribution in [3.63, 3.8) is 0 Å². The average molecular weight is 405 g/mol. The van der Waals surface area contributed by atoms with Gasteiger partial charge in [0.05, 0.1) is 20.3 Å². The Morgan fingerprint density at radius 1 is 1.03 bits per heavy atom. The van der Waals surface area contributed by atoms with Gasteiger partial charge in [-0.25, -0.2) is 14.4 Å². The van der Waals surface area contributed by atoms with Crippen LogP contribution in [0.15, 0.2) is 30.3 Å². The Kier molecular flexibility index (Phi) is 6.73. The fourth-order valence-corrected chi connectivity index (χ4v) is 3.50. The van der Waals surface area contributed by atoms with Crippen LogP contribution < -0.4 is 0 Å². The molecule has 1 aromatic carbocycles. The van der Waals surface area contributed by atoms with E-state index in [2.05, 4.69) is 0 Å². The van der Waals surface area contributed by atoms with E-state index in [1.54, 1.807) is 18.2 Å². The van der Waals surface area contributed by atoms with E-state index in [9.17, 15) is 24.0 Å². The number of benzene rings is 1. The molecule has 0 N–H and O–H groups in total. The standard InChI is InChI=1S/C20H23NO8/c1-5-28-18(25)20(19(26)29-6-2)14(12(3)22)16(23)21(20)15(17(24)27-4)13-10-8-7-9-11-13/h7-11,14-15H,5-6H2,1-4H3/t14-,15-/m1/s1. The number of hydrogen-bond donors (Lipinski definition) is 0. The summed E-state index contributed by atoms with van der Waals surface area (Å²) in [6.07, 6.45) is 0. The van der Waals surface area contributed by atoms with E-state index in [-0.39, 0.29) is 13.2 Å². The minimum atomic E-state index is -2.41. The minimum Gasteiger partial charge on any atom is -0.467 e. The number of amides is 1. The van der Waals surface area contributed by atoms with Gasteiger partial charge in [0, 0.05) is 0 Å². The third-order valence-corrected chi connectivity index (χ3v) is 4.66. The lowest BCUT2D eigenvalue weighted by molar-refractivity contribution is -0.210. The van der Waals surface area contributed by atoms with Crippen molar-refractivity contribution in [3.05, 3.63) is 35.9 Å². The Morgan fingerprint density at radius 3 is 1.97 bits per heavy atom. The number of ether oxygens (including phenoxy) is 3. The van der Waals surface area contributed by atoms with Crippen LogP contribution in [-0.2, 0) is 38.2 Å². The van der Waals surface area contributed by atoms with Gasteiger partial charge in [-0.3, -0.25) is 14.5 Å². The highest BCUT2D eigenvalue weighted by Gasteiger charge is 2.76. The van der Waals surface area contributed by atoms with Crippen molar-refractivity contribution < 1.29 is 38.2 Å². The summed E-state index contributed by atoms with van der Waals surface area (Å²) in [4.78, 5) is 64.5. The van der Waals surface area contributed by atoms with Gasteiger partial charge in [0.1, 0.15) is 11.7 Å². The van der Waals surface area contributed by atoms with E-state index in [1.807, 2.05) is 0 Å². The molecule has 0 saturated carbocycles. The molecule has 156 valence electrons. The molecule has 0 aromatic heterocycles. The van der Waals surface area contributed by atoms with Crippen LogP contribution in [0, 0.1) is 5.92 Å². The van der Waals surface area contributed by atoms with Gasteiger partial charge in [-0.05, 0) is 26.3 Å². The molecule has 29 heavy (non-hydrogen) atoms. The molecule has 9 nitrogen and oxygen atoms in total. The summed E-state index contributed by atoms with van der Waals surface area (Å²) in [7, 11) is 1.11. The summed E-state index contributed by atoms with van der Waals surface area (Å²) in [6, 6.07) is 6.56. The molecule has 1 fully saturated rings. The number of ketones is 1. The van der Waals surface area contributed by atoms with Crippen molar-refractivity contribution in [1.29, 1.82) is 0 Å². The highest BCUT2D eigenvalue weighted by molar-refractivity contribution is 6.25. The van der Waals surface area contributed by atoms with Gasteiger partial charge in [-0.2, -0.15) is 0 Å². The van der Waals surface area contributed by atoms with Gasteiger partial charge in [-0.1, -0.05) is 30.3 Å². The van der Waals surface area contributed by atoms with E-state index < -0.39 is 47.1 Å². The third kappa shape index (κ3) is 3.48. The van der Waals surface area contributed by atoms with Crippen molar-refractivity contribution in [1.82, 2.24) is 4.90 Å². The average Bonchev–Trinajstić information content (AvgIpc) is 2.69. The number of likely N-dealkylation sites (tertiary alicyclic amines) is 1. The van der Waals surface area contributed by atoms with Gasteiger partial charge in [0.25, 0.3) is 5.54 Å². The summed E-state index contributed by atoms with van der Waals surface area (Å²) >= 11 is 0. The first-order valence-electron chi connectivity index (χ1n) is 9.09. The lowest BCUT2D eigenvalue weighted by atomic mass is 9.69. The molecule has 1 saturated heterocycles. The smallest absolute Gasteiger partial charge is 0.345 e. The molecular weight excluding hydrogens is 382 g/mol. The number of nitrogens with zero attached hydrogens (tertiary/aromatic N) is 1. The molecule has 0 radical (unpaired) electrons. The highest BCUT2D eigenvalue weighted by Crippen LogP contribution is 2.47. The highest BCUT2D eigenvalue weighted by atomic mass is 16.6. The summed E-state index contributed by atoms with van der Waals surface area (Å²) in [5.74, 6) is -6.39. The molecule has 2 rings (SSSR count). The van der Waals surface area contributed by atoms with Crippen LogP contribution in [0.2, 0.25) is 0 Å². The second-order valence-corrected chi connectivity index (χ2v) is 6.30. The monoisotopic (exact) mass is 405 g/mol. The van der Waals surface area contributed by atoms with Gasteiger partial charge in [0.15, 0.2) is 6.04 Å². The summed E-state index contributed by atoms with van der Waals surface area (Å²) in [5, 5.41) is 0. The van der Waals surface area contributed by atoms with Crippen LogP contribution >= 0.6 is 0 Å². The van der Waals surface area contributed by atoms with E-state index in [0.29, 0.717) is 5.56 Å². The maximum absolute atomic E-state index is 13.0. The predicted molar refractivity (Wildman–Crippen MR) is 98.2 cm³/mol. The predicted octanol–water partition coefficient (Wildman–Crippen LogP) is 0.813. The number of carbonyl (C=O) groups excluding carboxylic acids is 5. The summed E-state index contributed by atoms with van der Waals surface area (Å²) in [6.45, 7) is 3.89. The van der Waals surface area contributed by atoms with Crippen molar-refractivity contribution in [2.45, 2.75) is 32.4 Å². The zero-order valence-electron chi connectivity index (χ0n) is 16.7. The number of Topliss-reactive ketones (excluding diaryl/α,β-unsaturated/α-hetero) is 1. The Labute approximate surface area is 167 Å². The van der Waals surface area contributed by atoms with Gasteiger partial charge < -0.3 is 14.2 Å². The molecule has 1 aliphatic heterocycles. The van der Waals surface area contributed by atoms with Gasteiger partial charge >= 0.3 is 17.9 Å². The maximum Gasteiger partial charge on any atom is 0.345 e. The van der Waals surface area contributed by atoms with Crippen LogP contribution in [0.4, 0.5) is 0 Å². The Morgan fingerprint density at radius 2 is 1.55 bits per heavy atom. The zero-order valence-corrected chi connectivity index (χ0v) is 16.7. The van der Waals surface area contributed by atoms with Crippen LogP contribution in [-0.4, -0.2) is 60.4 Å². The third-order valence-electron chi connectivity index (χ3n) is 4.66. The maximum atomic E-state index is 13.0. The Bertz CT molecular complexity index is 801. The van der Waals surface area contributed by atoms with E-state index in [0.717, 1.165) is 18.9 Å². The second kappa shape index (κ2) is 8.85. The first-order valence-corrected chi connectivity index (χ1v) is 9.09. The molecule has 0 unspecified atom stereocenters. The fourth-order valence-electron chi connectivity index (χ4n) is 3.50. The lowest BCUT2D eigenvalue weighted by Crippen LogP contribution is -2.81. The second-order valence-electron chi connectivity index (χ2n) is 6.30. The van der Waals surface area contributed by atoms with Crippen molar-refractivity contribution >= 4 is 29.6 Å². The molecule has 9 heteroatoms. The van der Waals surface area contributed by atoms with E-state index in [4.69, 9.17) is 14.2 Å². The minimum absolute atomic E-state index is 0.110. The van der Waals surface area contributed by atoms with Crippen molar-refractivity contribution in [2.24, 2.45) is 5.92 Å². The fraction of sp³-hybridized carbons (Fsp3) is 0.450. The number of esters is 3. The first kappa shape index (κ1) is 22.1. The molecule has 1 amide bonds. The number of rotatable bonds is 8. The largest absolute Gasteiger partial charge is 0.467 e. The number of β-lactam (4-membered cyclic amide) rings is 1. The topological polar surface area (TPSA) is 116 Å². The normalized spacial score (nSPS) is 18.3. The number of methoxy groups -OCH3 is 1. The zero-order chi connectivity index (χ0) is 21.8. The molecule has 0 bridgehead atoms. The van der Waals surface area contributed by atoms with Gasteiger partial charge in [-0.15, -0.1) is 0 Å². The van der Waals surface area contributed by atoms with Crippen LogP contribution in [0.5, 0.6) is 0 Å². The van der Waals surface area contributed by atoms with Crippen LogP contribution in [0.3, 0.4) is 0 Å². The molecule has 0 spiro atoms. The molecular formula is C20H23NO8. The van der Waals surface area contributed by atoms with Crippen molar-refractivity contribution in [3.8, 4) is 0 Å². The van der Waals surface area contributed by atoms with E-state index in [1.165, 1.54) is 26.0 Å². The summed E-state index contributed by atoms with van der Waals surface area (Å²) in [5.41, 5.74) is -2.11. The molecule has 1 heterocycles. The Hall–Kier alpha value is -3.23. The van der Waals surface area contributed by atoms with E-state index >= 15 is 0 Å².